The maximum Gasteiger partial charge on any atom is 0.305 e. The van der Waals surface area contributed by atoms with Crippen molar-refractivity contribution in [2.24, 2.45) is 35.0 Å². The molecule has 4 aliphatic rings. The molecule has 4 rings (SSSR count). The summed E-state index contributed by atoms with van der Waals surface area (Å²) in [6.45, 7) is 2.36. The molecule has 0 bridgehead atoms. The van der Waals surface area contributed by atoms with Crippen LogP contribution in [0, 0.1) is 35.0 Å². The van der Waals surface area contributed by atoms with Gasteiger partial charge >= 0.3 is 5.92 Å². The zero-order valence-corrected chi connectivity index (χ0v) is 12.7. The minimum Gasteiger partial charge on any atom is -0.293 e. The number of alkyl halides is 2. The molecule has 3 heteroatoms. The molecule has 0 saturated heterocycles. The maximum atomic E-state index is 13.7. The van der Waals surface area contributed by atoms with Crippen molar-refractivity contribution >= 4 is 5.78 Å². The highest BCUT2D eigenvalue weighted by atomic mass is 19.3. The van der Waals surface area contributed by atoms with Crippen LogP contribution in [0.25, 0.3) is 0 Å². The molecule has 0 N–H and O–H groups in total. The van der Waals surface area contributed by atoms with E-state index in [0.29, 0.717) is 23.2 Å². The third-order valence-electron chi connectivity index (χ3n) is 7.19. The first-order valence-corrected chi connectivity index (χ1v) is 8.49. The molecule has 0 radical (unpaired) electrons. The molecule has 1 nitrogen and oxygen atoms in total. The SMILES string of the molecule is C[C@@]12C=CC[C@H]1[C@@H]1CCC3CC(F)(F)C(=O)C[C@@H]3[C@H]1CC2. The zero-order chi connectivity index (χ0) is 14.8. The predicted molar refractivity (Wildman–Crippen MR) is 77.0 cm³/mol. The third kappa shape index (κ3) is 1.95. The molecule has 1 unspecified atom stereocenters. The van der Waals surface area contributed by atoms with Gasteiger partial charge < -0.3 is 0 Å². The summed E-state index contributed by atoms with van der Waals surface area (Å²) >= 11 is 0. The Labute approximate surface area is 125 Å². The molecule has 0 aromatic heterocycles. The largest absolute Gasteiger partial charge is 0.305 e. The standard InChI is InChI=1S/C18H24F2O/c1-17-7-2-3-15(17)13-5-4-11-10-18(19,20)16(21)9-14(11)12(13)6-8-17/h2,7,11-15H,3-6,8-10H2,1H3/t11?,12-,13+,14-,15-,17-/m0/s1. The van der Waals surface area contributed by atoms with Crippen LogP contribution in [0.3, 0.4) is 0 Å². The van der Waals surface area contributed by atoms with E-state index in [4.69, 9.17) is 0 Å². The highest BCUT2D eigenvalue weighted by Crippen LogP contribution is 2.61. The van der Waals surface area contributed by atoms with Crippen LogP contribution in [0.5, 0.6) is 0 Å². The van der Waals surface area contributed by atoms with E-state index in [1.807, 2.05) is 0 Å². The lowest BCUT2D eigenvalue weighted by atomic mass is 9.50. The molecule has 3 saturated carbocycles. The fourth-order valence-electron chi connectivity index (χ4n) is 6.09. The van der Waals surface area contributed by atoms with Crippen molar-refractivity contribution in [1.82, 2.24) is 0 Å². The van der Waals surface area contributed by atoms with Gasteiger partial charge in [0.15, 0.2) is 0 Å². The van der Waals surface area contributed by atoms with E-state index in [0.717, 1.165) is 25.7 Å². The van der Waals surface area contributed by atoms with Gasteiger partial charge in [0.05, 0.1) is 0 Å². The summed E-state index contributed by atoms with van der Waals surface area (Å²) in [5.41, 5.74) is 0.330. The van der Waals surface area contributed by atoms with Gasteiger partial charge in [-0.3, -0.25) is 4.79 Å². The van der Waals surface area contributed by atoms with Gasteiger partial charge in [0.25, 0.3) is 0 Å². The topological polar surface area (TPSA) is 17.1 Å². The smallest absolute Gasteiger partial charge is 0.293 e. The fourth-order valence-corrected chi connectivity index (χ4v) is 6.09. The average Bonchev–Trinajstić information content (AvgIpc) is 2.81. The van der Waals surface area contributed by atoms with Crippen LogP contribution in [-0.2, 0) is 4.79 Å². The van der Waals surface area contributed by atoms with E-state index in [2.05, 4.69) is 19.1 Å². The van der Waals surface area contributed by atoms with E-state index in [9.17, 15) is 13.6 Å². The molecule has 6 atom stereocenters. The van der Waals surface area contributed by atoms with Gasteiger partial charge in [0.2, 0.25) is 5.78 Å². The number of carbonyl (C=O) groups excluding carboxylic acids is 1. The Hall–Kier alpha value is -0.730. The van der Waals surface area contributed by atoms with Crippen molar-refractivity contribution in [1.29, 1.82) is 0 Å². The number of rotatable bonds is 0. The number of carbonyl (C=O) groups is 1. The van der Waals surface area contributed by atoms with E-state index in [-0.39, 0.29) is 24.7 Å². The molecular weight excluding hydrogens is 270 g/mol. The van der Waals surface area contributed by atoms with Crippen LogP contribution in [0.1, 0.15) is 51.9 Å². The Bertz CT molecular complexity index is 497. The summed E-state index contributed by atoms with van der Waals surface area (Å²) in [4.78, 5) is 11.8. The van der Waals surface area contributed by atoms with Crippen molar-refractivity contribution in [3.63, 3.8) is 0 Å². The van der Waals surface area contributed by atoms with E-state index >= 15 is 0 Å². The Kier molecular flexibility index (Phi) is 2.91. The van der Waals surface area contributed by atoms with Gasteiger partial charge in [-0.1, -0.05) is 19.1 Å². The summed E-state index contributed by atoms with van der Waals surface area (Å²) in [6, 6.07) is 0. The minimum atomic E-state index is -3.05. The van der Waals surface area contributed by atoms with Gasteiger partial charge in [-0.05, 0) is 67.1 Å². The van der Waals surface area contributed by atoms with E-state index < -0.39 is 11.7 Å². The van der Waals surface area contributed by atoms with Crippen LogP contribution >= 0.6 is 0 Å². The van der Waals surface area contributed by atoms with Gasteiger partial charge in [0, 0.05) is 12.8 Å². The molecule has 116 valence electrons. The van der Waals surface area contributed by atoms with E-state index in [1.165, 1.54) is 6.42 Å². The Morgan fingerprint density at radius 3 is 2.76 bits per heavy atom. The first kappa shape index (κ1) is 13.9. The van der Waals surface area contributed by atoms with Crippen molar-refractivity contribution in [3.05, 3.63) is 12.2 Å². The lowest BCUT2D eigenvalue weighted by molar-refractivity contribution is -0.162. The summed E-state index contributed by atoms with van der Waals surface area (Å²) in [6.07, 6.45) is 10.1. The molecule has 3 fully saturated rings. The van der Waals surface area contributed by atoms with E-state index in [1.54, 1.807) is 0 Å². The third-order valence-corrected chi connectivity index (χ3v) is 7.19. The predicted octanol–water partition coefficient (Wildman–Crippen LogP) is 4.62. The number of Topliss-reactive ketones (excluding diaryl/α,β-unsaturated/α-hetero) is 1. The molecule has 0 heterocycles. The number of hydrogen-bond donors (Lipinski definition) is 0. The first-order valence-electron chi connectivity index (χ1n) is 8.49. The molecule has 0 amide bonds. The van der Waals surface area contributed by atoms with Crippen LogP contribution in [-0.4, -0.2) is 11.7 Å². The molecular formula is C18H24F2O. The first-order chi connectivity index (χ1) is 9.91. The second-order valence-corrected chi connectivity index (χ2v) is 8.15. The molecule has 21 heavy (non-hydrogen) atoms. The second kappa shape index (κ2) is 4.39. The monoisotopic (exact) mass is 294 g/mol. The fraction of sp³-hybridized carbons (Fsp3) is 0.833. The number of fused-ring (bicyclic) bond motifs is 5. The second-order valence-electron chi connectivity index (χ2n) is 8.15. The van der Waals surface area contributed by atoms with Gasteiger partial charge in [-0.25, -0.2) is 0 Å². The van der Waals surface area contributed by atoms with Crippen LogP contribution in [0.4, 0.5) is 8.78 Å². The van der Waals surface area contributed by atoms with Crippen molar-refractivity contribution in [2.45, 2.75) is 57.8 Å². The lowest BCUT2D eigenvalue weighted by Crippen LogP contribution is -2.51. The van der Waals surface area contributed by atoms with Crippen LogP contribution in [0.15, 0.2) is 12.2 Å². The van der Waals surface area contributed by atoms with Gasteiger partial charge in [-0.15, -0.1) is 0 Å². The zero-order valence-electron chi connectivity index (χ0n) is 12.7. The molecule has 0 aromatic carbocycles. The van der Waals surface area contributed by atoms with Crippen molar-refractivity contribution in [3.8, 4) is 0 Å². The Morgan fingerprint density at radius 2 is 1.95 bits per heavy atom. The van der Waals surface area contributed by atoms with Crippen molar-refractivity contribution < 1.29 is 13.6 Å². The summed E-state index contributed by atoms with van der Waals surface area (Å²) in [5.74, 6) is -1.66. The van der Waals surface area contributed by atoms with Crippen LogP contribution < -0.4 is 0 Å². The van der Waals surface area contributed by atoms with Crippen LogP contribution in [0.2, 0.25) is 0 Å². The highest BCUT2D eigenvalue weighted by molar-refractivity contribution is 5.86. The highest BCUT2D eigenvalue weighted by Gasteiger charge is 2.56. The van der Waals surface area contributed by atoms with Gasteiger partial charge in [0.1, 0.15) is 0 Å². The molecule has 0 aromatic rings. The molecule has 4 aliphatic carbocycles. The summed E-state index contributed by atoms with van der Waals surface area (Å²) in [7, 11) is 0. The number of hydrogen-bond acceptors (Lipinski definition) is 1. The normalized spacial score (nSPS) is 51.2. The molecule has 0 spiro atoms. The maximum absolute atomic E-state index is 13.7. The van der Waals surface area contributed by atoms with Crippen molar-refractivity contribution in [2.75, 3.05) is 0 Å². The Morgan fingerprint density at radius 1 is 1.14 bits per heavy atom. The summed E-state index contributed by atoms with van der Waals surface area (Å²) in [5, 5.41) is 0. The number of ketones is 1. The summed E-state index contributed by atoms with van der Waals surface area (Å²) < 4.78 is 27.4. The van der Waals surface area contributed by atoms with Gasteiger partial charge in [-0.2, -0.15) is 8.78 Å². The number of allylic oxidation sites excluding steroid dienone is 2. The lowest BCUT2D eigenvalue weighted by Gasteiger charge is -2.54. The average molecular weight is 294 g/mol. The minimum absolute atomic E-state index is 0.0812. The number of halogens is 2. The molecule has 0 aliphatic heterocycles. The quantitative estimate of drug-likeness (QED) is 0.596. The Balaban J connectivity index is 1.59.